The summed E-state index contributed by atoms with van der Waals surface area (Å²) < 4.78 is 32.4. The number of halogens is 2. The summed E-state index contributed by atoms with van der Waals surface area (Å²) in [5.41, 5.74) is 0.348. The molecule has 8 heteroatoms. The third-order valence-electron chi connectivity index (χ3n) is 3.10. The maximum Gasteiger partial charge on any atom is 0.326 e. The number of sulfonamides is 1. The van der Waals surface area contributed by atoms with Crippen LogP contribution in [0.5, 0.6) is 0 Å². The standard InChI is InChI=1S/C16H15BrClNO4S/c1-2-23-16(20)11-19(15-6-4-3-5-14(15)17)24(21,22)13-9-7-12(18)8-10-13/h3-10H,2,11H2,1H3. The van der Waals surface area contributed by atoms with Crippen LogP contribution in [0, 0.1) is 0 Å². The summed E-state index contributed by atoms with van der Waals surface area (Å²) in [6, 6.07) is 12.5. The Balaban J connectivity index is 2.50. The Morgan fingerprint density at radius 3 is 2.38 bits per heavy atom. The fraction of sp³-hybridized carbons (Fsp3) is 0.188. The molecular formula is C16H15BrClNO4S. The van der Waals surface area contributed by atoms with Crippen molar-refractivity contribution in [2.24, 2.45) is 0 Å². The number of anilines is 1. The summed E-state index contributed by atoms with van der Waals surface area (Å²) in [5, 5.41) is 0.423. The van der Waals surface area contributed by atoms with E-state index < -0.39 is 22.5 Å². The Labute approximate surface area is 154 Å². The first-order valence-corrected chi connectivity index (χ1v) is 9.66. The number of esters is 1. The van der Waals surface area contributed by atoms with E-state index in [9.17, 15) is 13.2 Å². The van der Waals surface area contributed by atoms with Gasteiger partial charge < -0.3 is 4.74 Å². The molecule has 2 aromatic carbocycles. The molecule has 0 saturated carbocycles. The van der Waals surface area contributed by atoms with Gasteiger partial charge in [0.25, 0.3) is 10.0 Å². The SMILES string of the molecule is CCOC(=O)CN(c1ccccc1Br)S(=O)(=O)c1ccc(Cl)cc1. The van der Waals surface area contributed by atoms with Crippen molar-refractivity contribution in [1.29, 1.82) is 0 Å². The highest BCUT2D eigenvalue weighted by atomic mass is 79.9. The second-order valence-electron chi connectivity index (χ2n) is 4.72. The molecule has 2 aromatic rings. The summed E-state index contributed by atoms with van der Waals surface area (Å²) in [4.78, 5) is 11.9. The van der Waals surface area contributed by atoms with Crippen molar-refractivity contribution in [2.45, 2.75) is 11.8 Å². The first-order valence-electron chi connectivity index (χ1n) is 7.04. The van der Waals surface area contributed by atoms with E-state index in [2.05, 4.69) is 15.9 Å². The van der Waals surface area contributed by atoms with Gasteiger partial charge in [-0.1, -0.05) is 23.7 Å². The van der Waals surface area contributed by atoms with Gasteiger partial charge in [-0.2, -0.15) is 0 Å². The molecule has 24 heavy (non-hydrogen) atoms. The van der Waals surface area contributed by atoms with Crippen molar-refractivity contribution in [1.82, 2.24) is 0 Å². The molecule has 0 heterocycles. The number of carbonyl (C=O) groups is 1. The van der Waals surface area contributed by atoms with Gasteiger partial charge >= 0.3 is 5.97 Å². The zero-order valence-electron chi connectivity index (χ0n) is 12.8. The molecule has 0 amide bonds. The fourth-order valence-electron chi connectivity index (χ4n) is 2.01. The largest absolute Gasteiger partial charge is 0.465 e. The van der Waals surface area contributed by atoms with Gasteiger partial charge in [-0.25, -0.2) is 8.42 Å². The Morgan fingerprint density at radius 1 is 1.17 bits per heavy atom. The van der Waals surface area contributed by atoms with Crippen LogP contribution >= 0.6 is 27.5 Å². The van der Waals surface area contributed by atoms with E-state index in [1.54, 1.807) is 31.2 Å². The molecule has 0 unspecified atom stereocenters. The number of rotatable bonds is 6. The summed E-state index contributed by atoms with van der Waals surface area (Å²) in [7, 11) is -3.96. The Kier molecular flexibility index (Phi) is 6.26. The minimum Gasteiger partial charge on any atom is -0.465 e. The van der Waals surface area contributed by atoms with Crippen LogP contribution in [-0.4, -0.2) is 27.5 Å². The van der Waals surface area contributed by atoms with Crippen molar-refractivity contribution < 1.29 is 17.9 Å². The number of nitrogens with zero attached hydrogens (tertiary/aromatic N) is 1. The summed E-state index contributed by atoms with van der Waals surface area (Å²) in [6.45, 7) is 1.40. The van der Waals surface area contributed by atoms with Crippen LogP contribution in [0.4, 0.5) is 5.69 Å². The Bertz CT molecular complexity index is 824. The molecule has 0 N–H and O–H groups in total. The average Bonchev–Trinajstić information content (AvgIpc) is 2.54. The lowest BCUT2D eigenvalue weighted by Gasteiger charge is -2.24. The number of hydrogen-bond donors (Lipinski definition) is 0. The van der Waals surface area contributed by atoms with Gasteiger partial charge in [0.1, 0.15) is 6.54 Å². The lowest BCUT2D eigenvalue weighted by Crippen LogP contribution is -2.36. The minimum atomic E-state index is -3.96. The molecule has 0 fully saturated rings. The van der Waals surface area contributed by atoms with Crippen LogP contribution in [0.15, 0.2) is 57.9 Å². The van der Waals surface area contributed by atoms with E-state index in [-0.39, 0.29) is 11.5 Å². The monoisotopic (exact) mass is 431 g/mol. The molecule has 0 aliphatic rings. The van der Waals surface area contributed by atoms with Gasteiger partial charge in [0.15, 0.2) is 0 Å². The highest BCUT2D eigenvalue weighted by Gasteiger charge is 2.28. The lowest BCUT2D eigenvalue weighted by atomic mass is 10.3. The lowest BCUT2D eigenvalue weighted by molar-refractivity contribution is -0.141. The van der Waals surface area contributed by atoms with Crippen LogP contribution in [-0.2, 0) is 19.6 Å². The molecule has 0 radical (unpaired) electrons. The van der Waals surface area contributed by atoms with Crippen molar-refractivity contribution in [3.8, 4) is 0 Å². The third kappa shape index (κ3) is 4.28. The van der Waals surface area contributed by atoms with Gasteiger partial charge in [0.2, 0.25) is 0 Å². The van der Waals surface area contributed by atoms with Gasteiger partial charge in [0.05, 0.1) is 17.2 Å². The van der Waals surface area contributed by atoms with Gasteiger partial charge in [-0.05, 0) is 59.3 Å². The van der Waals surface area contributed by atoms with E-state index in [0.717, 1.165) is 4.31 Å². The first kappa shape index (κ1) is 18.8. The van der Waals surface area contributed by atoms with E-state index in [0.29, 0.717) is 15.2 Å². The Hall–Kier alpha value is -1.57. The zero-order chi connectivity index (χ0) is 17.7. The maximum atomic E-state index is 13.0. The van der Waals surface area contributed by atoms with E-state index in [1.165, 1.54) is 24.3 Å². The van der Waals surface area contributed by atoms with Crippen molar-refractivity contribution >= 4 is 49.2 Å². The second kappa shape index (κ2) is 8.00. The predicted octanol–water partition coefficient (Wildman–Crippen LogP) is 3.86. The van der Waals surface area contributed by atoms with Crippen molar-refractivity contribution in [3.05, 3.63) is 58.0 Å². The highest BCUT2D eigenvalue weighted by molar-refractivity contribution is 9.10. The molecular weight excluding hydrogens is 418 g/mol. The topological polar surface area (TPSA) is 63.7 Å². The van der Waals surface area contributed by atoms with Crippen LogP contribution in [0.1, 0.15) is 6.92 Å². The van der Waals surface area contributed by atoms with Gasteiger partial charge in [0, 0.05) is 9.50 Å². The predicted molar refractivity (Wildman–Crippen MR) is 96.8 cm³/mol. The molecule has 0 spiro atoms. The smallest absolute Gasteiger partial charge is 0.326 e. The number of carbonyl (C=O) groups excluding carboxylic acids is 1. The van der Waals surface area contributed by atoms with Crippen LogP contribution in [0.25, 0.3) is 0 Å². The molecule has 0 aliphatic carbocycles. The van der Waals surface area contributed by atoms with Crippen molar-refractivity contribution in [2.75, 3.05) is 17.5 Å². The van der Waals surface area contributed by atoms with Crippen LogP contribution < -0.4 is 4.31 Å². The minimum absolute atomic E-state index is 0.0342. The van der Waals surface area contributed by atoms with E-state index in [4.69, 9.17) is 16.3 Å². The summed E-state index contributed by atoms with van der Waals surface area (Å²) in [5.74, 6) is -0.634. The van der Waals surface area contributed by atoms with Crippen molar-refractivity contribution in [3.63, 3.8) is 0 Å². The quantitative estimate of drug-likeness (QED) is 0.650. The fourth-order valence-corrected chi connectivity index (χ4v) is 4.18. The van der Waals surface area contributed by atoms with Crippen LogP contribution in [0.2, 0.25) is 5.02 Å². The molecule has 0 aliphatic heterocycles. The molecule has 0 saturated heterocycles. The number of benzene rings is 2. The van der Waals surface area contributed by atoms with E-state index in [1.807, 2.05) is 0 Å². The molecule has 2 rings (SSSR count). The maximum absolute atomic E-state index is 13.0. The molecule has 128 valence electrons. The molecule has 0 bridgehead atoms. The van der Waals surface area contributed by atoms with Gasteiger partial charge in [-0.3, -0.25) is 9.10 Å². The Morgan fingerprint density at radius 2 is 1.79 bits per heavy atom. The number of hydrogen-bond acceptors (Lipinski definition) is 4. The van der Waals surface area contributed by atoms with Gasteiger partial charge in [-0.15, -0.1) is 0 Å². The normalized spacial score (nSPS) is 11.1. The molecule has 0 aromatic heterocycles. The molecule has 5 nitrogen and oxygen atoms in total. The highest BCUT2D eigenvalue weighted by Crippen LogP contribution is 2.30. The first-order chi connectivity index (χ1) is 11.4. The number of ether oxygens (including phenoxy) is 1. The van der Waals surface area contributed by atoms with E-state index >= 15 is 0 Å². The summed E-state index contributed by atoms with van der Waals surface area (Å²) in [6.07, 6.45) is 0. The number of para-hydroxylation sites is 1. The van der Waals surface area contributed by atoms with Crippen LogP contribution in [0.3, 0.4) is 0 Å². The summed E-state index contributed by atoms with van der Waals surface area (Å²) >= 11 is 9.14. The third-order valence-corrected chi connectivity index (χ3v) is 5.80. The zero-order valence-corrected chi connectivity index (χ0v) is 15.9. The second-order valence-corrected chi connectivity index (χ2v) is 7.88. The average molecular weight is 433 g/mol. The molecule has 0 atom stereocenters.